The van der Waals surface area contributed by atoms with Crippen LogP contribution in [0.25, 0.3) is 0 Å². The van der Waals surface area contributed by atoms with E-state index in [0.717, 1.165) is 10.2 Å². The van der Waals surface area contributed by atoms with E-state index in [0.29, 0.717) is 23.6 Å². The SMILES string of the molecule is C=CCOc1ccc(NC(=O)c2ccc(OC)c(Br)c2)cc1. The number of hydrogen-bond acceptors (Lipinski definition) is 3. The van der Waals surface area contributed by atoms with Gasteiger partial charge in [-0.15, -0.1) is 0 Å². The second-order valence-corrected chi connectivity index (χ2v) is 5.28. The van der Waals surface area contributed by atoms with Crippen molar-refractivity contribution in [3.8, 4) is 11.5 Å². The minimum absolute atomic E-state index is 0.192. The number of carbonyl (C=O) groups excluding carboxylic acids is 1. The molecule has 0 aliphatic heterocycles. The van der Waals surface area contributed by atoms with Gasteiger partial charge < -0.3 is 14.8 Å². The van der Waals surface area contributed by atoms with Gasteiger partial charge in [-0.1, -0.05) is 12.7 Å². The summed E-state index contributed by atoms with van der Waals surface area (Å²) in [6.07, 6.45) is 1.68. The number of ether oxygens (including phenoxy) is 2. The van der Waals surface area contributed by atoms with Gasteiger partial charge >= 0.3 is 0 Å². The van der Waals surface area contributed by atoms with Gasteiger partial charge in [-0.25, -0.2) is 0 Å². The van der Waals surface area contributed by atoms with E-state index in [1.165, 1.54) is 0 Å². The molecule has 0 spiro atoms. The average Bonchev–Trinajstić information content (AvgIpc) is 2.54. The lowest BCUT2D eigenvalue weighted by Gasteiger charge is -2.09. The van der Waals surface area contributed by atoms with Gasteiger partial charge in [0.1, 0.15) is 18.1 Å². The molecule has 0 atom stereocenters. The molecule has 0 aliphatic carbocycles. The van der Waals surface area contributed by atoms with Crippen LogP contribution in [0.2, 0.25) is 0 Å². The third-order valence-electron chi connectivity index (χ3n) is 2.89. The first-order valence-electron chi connectivity index (χ1n) is 6.62. The van der Waals surface area contributed by atoms with Gasteiger partial charge in [0.05, 0.1) is 11.6 Å². The van der Waals surface area contributed by atoms with Crippen molar-refractivity contribution in [3.63, 3.8) is 0 Å². The summed E-state index contributed by atoms with van der Waals surface area (Å²) in [6.45, 7) is 4.04. The van der Waals surface area contributed by atoms with Crippen LogP contribution >= 0.6 is 15.9 Å². The molecule has 4 nitrogen and oxygen atoms in total. The first-order valence-corrected chi connectivity index (χ1v) is 7.42. The van der Waals surface area contributed by atoms with Gasteiger partial charge in [-0.3, -0.25) is 4.79 Å². The summed E-state index contributed by atoms with van der Waals surface area (Å²) in [5, 5.41) is 2.83. The first kappa shape index (κ1) is 16.1. The van der Waals surface area contributed by atoms with Crippen molar-refractivity contribution in [1.29, 1.82) is 0 Å². The van der Waals surface area contributed by atoms with Crippen molar-refractivity contribution in [2.45, 2.75) is 0 Å². The number of methoxy groups -OCH3 is 1. The second kappa shape index (κ2) is 7.66. The van der Waals surface area contributed by atoms with Crippen LogP contribution < -0.4 is 14.8 Å². The van der Waals surface area contributed by atoms with Crippen LogP contribution in [0.5, 0.6) is 11.5 Å². The fourth-order valence-corrected chi connectivity index (χ4v) is 2.34. The minimum atomic E-state index is -0.192. The van der Waals surface area contributed by atoms with Crippen LogP contribution in [0, 0.1) is 0 Å². The van der Waals surface area contributed by atoms with Gasteiger partial charge in [-0.2, -0.15) is 0 Å². The van der Waals surface area contributed by atoms with E-state index in [9.17, 15) is 4.79 Å². The normalized spacial score (nSPS) is 9.91. The zero-order chi connectivity index (χ0) is 15.9. The molecule has 0 fully saturated rings. The van der Waals surface area contributed by atoms with Gasteiger partial charge in [0.25, 0.3) is 5.91 Å². The molecule has 1 N–H and O–H groups in total. The number of anilines is 1. The number of carbonyl (C=O) groups is 1. The van der Waals surface area contributed by atoms with Gasteiger partial charge in [0, 0.05) is 11.3 Å². The molecule has 0 heterocycles. The molecule has 0 unspecified atom stereocenters. The molecular formula is C17H16BrNO3. The van der Waals surface area contributed by atoms with Crippen molar-refractivity contribution in [2.75, 3.05) is 19.0 Å². The van der Waals surface area contributed by atoms with E-state index in [1.807, 2.05) is 0 Å². The number of hydrogen-bond donors (Lipinski definition) is 1. The van der Waals surface area contributed by atoms with E-state index in [4.69, 9.17) is 9.47 Å². The van der Waals surface area contributed by atoms with Crippen LogP contribution in [0.15, 0.2) is 59.6 Å². The minimum Gasteiger partial charge on any atom is -0.496 e. The number of rotatable bonds is 6. The summed E-state index contributed by atoms with van der Waals surface area (Å²) in [7, 11) is 1.58. The van der Waals surface area contributed by atoms with Crippen molar-refractivity contribution in [3.05, 3.63) is 65.2 Å². The van der Waals surface area contributed by atoms with Crippen LogP contribution in [0.3, 0.4) is 0 Å². The highest BCUT2D eigenvalue weighted by Crippen LogP contribution is 2.26. The average molecular weight is 362 g/mol. The maximum Gasteiger partial charge on any atom is 0.255 e. The van der Waals surface area contributed by atoms with Gasteiger partial charge in [-0.05, 0) is 58.4 Å². The van der Waals surface area contributed by atoms with Crippen LogP contribution in [-0.2, 0) is 0 Å². The predicted molar refractivity (Wildman–Crippen MR) is 90.8 cm³/mol. The standard InChI is InChI=1S/C17H16BrNO3/c1-3-10-22-14-7-5-13(6-8-14)19-17(20)12-4-9-16(21-2)15(18)11-12/h3-9,11H,1,10H2,2H3,(H,19,20). The fourth-order valence-electron chi connectivity index (χ4n) is 1.80. The predicted octanol–water partition coefficient (Wildman–Crippen LogP) is 4.27. The lowest BCUT2D eigenvalue weighted by atomic mass is 10.2. The number of halogens is 1. The summed E-state index contributed by atoms with van der Waals surface area (Å²) >= 11 is 3.37. The van der Waals surface area contributed by atoms with Crippen molar-refractivity contribution in [2.24, 2.45) is 0 Å². The lowest BCUT2D eigenvalue weighted by molar-refractivity contribution is 0.102. The summed E-state index contributed by atoms with van der Waals surface area (Å²) in [5.74, 6) is 1.22. The molecule has 0 radical (unpaired) electrons. The highest BCUT2D eigenvalue weighted by molar-refractivity contribution is 9.10. The van der Waals surface area contributed by atoms with Crippen LogP contribution in [0.1, 0.15) is 10.4 Å². The Labute approximate surface area is 137 Å². The van der Waals surface area contributed by atoms with E-state index >= 15 is 0 Å². The van der Waals surface area contributed by atoms with E-state index in [-0.39, 0.29) is 5.91 Å². The largest absolute Gasteiger partial charge is 0.496 e. The summed E-state index contributed by atoms with van der Waals surface area (Å²) in [5.41, 5.74) is 1.24. The monoisotopic (exact) mass is 361 g/mol. The Kier molecular flexibility index (Phi) is 5.61. The molecular weight excluding hydrogens is 346 g/mol. The van der Waals surface area contributed by atoms with E-state index in [1.54, 1.807) is 55.7 Å². The van der Waals surface area contributed by atoms with Crippen LogP contribution in [-0.4, -0.2) is 19.6 Å². The Balaban J connectivity index is 2.05. The molecule has 22 heavy (non-hydrogen) atoms. The molecule has 0 saturated heterocycles. The van der Waals surface area contributed by atoms with Crippen molar-refractivity contribution < 1.29 is 14.3 Å². The molecule has 0 aliphatic rings. The summed E-state index contributed by atoms with van der Waals surface area (Å²) in [6, 6.07) is 12.3. The van der Waals surface area contributed by atoms with Gasteiger partial charge in [0.2, 0.25) is 0 Å². The summed E-state index contributed by atoms with van der Waals surface area (Å²) in [4.78, 5) is 12.2. The fraction of sp³-hybridized carbons (Fsp3) is 0.118. The van der Waals surface area contributed by atoms with Gasteiger partial charge in [0.15, 0.2) is 0 Å². The molecule has 2 aromatic rings. The van der Waals surface area contributed by atoms with Crippen LogP contribution in [0.4, 0.5) is 5.69 Å². The Bertz CT molecular complexity index is 668. The smallest absolute Gasteiger partial charge is 0.255 e. The lowest BCUT2D eigenvalue weighted by Crippen LogP contribution is -2.11. The maximum absolute atomic E-state index is 12.2. The third-order valence-corrected chi connectivity index (χ3v) is 3.51. The molecule has 1 amide bonds. The molecule has 0 bridgehead atoms. The Hall–Kier alpha value is -2.27. The Morgan fingerprint density at radius 1 is 1.27 bits per heavy atom. The molecule has 0 aromatic heterocycles. The second-order valence-electron chi connectivity index (χ2n) is 4.43. The topological polar surface area (TPSA) is 47.6 Å². The zero-order valence-electron chi connectivity index (χ0n) is 12.1. The molecule has 2 aromatic carbocycles. The number of amides is 1. The van der Waals surface area contributed by atoms with E-state index < -0.39 is 0 Å². The highest BCUT2D eigenvalue weighted by atomic mass is 79.9. The van der Waals surface area contributed by atoms with Crippen molar-refractivity contribution >= 4 is 27.5 Å². The van der Waals surface area contributed by atoms with E-state index in [2.05, 4.69) is 27.8 Å². The molecule has 5 heteroatoms. The highest BCUT2D eigenvalue weighted by Gasteiger charge is 2.09. The summed E-state index contributed by atoms with van der Waals surface area (Å²) < 4.78 is 11.3. The quantitative estimate of drug-likeness (QED) is 0.781. The Morgan fingerprint density at radius 3 is 2.59 bits per heavy atom. The third kappa shape index (κ3) is 4.11. The first-order chi connectivity index (χ1) is 10.6. The zero-order valence-corrected chi connectivity index (χ0v) is 13.7. The molecule has 2 rings (SSSR count). The molecule has 0 saturated carbocycles. The maximum atomic E-state index is 12.2. The number of benzene rings is 2. The van der Waals surface area contributed by atoms with Crippen molar-refractivity contribution in [1.82, 2.24) is 0 Å². The number of nitrogens with one attached hydrogen (secondary N) is 1. The molecule has 114 valence electrons. The Morgan fingerprint density at radius 2 is 2.00 bits per heavy atom.